The first-order valence-electron chi connectivity index (χ1n) is 9.43. The number of hydrogen-bond acceptors (Lipinski definition) is 5. The van der Waals surface area contributed by atoms with Crippen LogP contribution in [0.3, 0.4) is 0 Å². The standard InChI is InChI=1S/C20H25N5O.2ClH/c26-20(17-3-4-19-16(10-17)5-9-24-19)25(13-15-11-22-14-23-12-15)18-2-1-7-21-8-6-18;;/h3-4,10-12,14,18,21,24H,1-2,5-9,13H2;2*1H. The van der Waals surface area contributed by atoms with E-state index in [1.54, 1.807) is 12.4 Å². The summed E-state index contributed by atoms with van der Waals surface area (Å²) in [6, 6.07) is 6.28. The number of carbonyl (C=O) groups excluding carboxylic acids is 1. The number of anilines is 1. The quantitative estimate of drug-likeness (QED) is 0.790. The molecule has 2 N–H and O–H groups in total. The van der Waals surface area contributed by atoms with Crippen LogP contribution in [0.15, 0.2) is 36.9 Å². The summed E-state index contributed by atoms with van der Waals surface area (Å²) in [5, 5.41) is 6.79. The molecule has 2 aromatic rings. The summed E-state index contributed by atoms with van der Waals surface area (Å²) in [5.41, 5.74) is 4.15. The molecule has 28 heavy (non-hydrogen) atoms. The molecule has 1 fully saturated rings. The number of nitrogens with zero attached hydrogens (tertiary/aromatic N) is 3. The van der Waals surface area contributed by atoms with Gasteiger partial charge in [0.2, 0.25) is 0 Å². The molecule has 0 bridgehead atoms. The summed E-state index contributed by atoms with van der Waals surface area (Å²) in [6.45, 7) is 3.48. The minimum Gasteiger partial charge on any atom is -0.384 e. The lowest BCUT2D eigenvalue weighted by Gasteiger charge is -2.31. The van der Waals surface area contributed by atoms with Gasteiger partial charge in [-0.2, -0.15) is 0 Å². The Morgan fingerprint density at radius 1 is 1.11 bits per heavy atom. The zero-order chi connectivity index (χ0) is 17.8. The largest absolute Gasteiger partial charge is 0.384 e. The highest BCUT2D eigenvalue weighted by molar-refractivity contribution is 5.95. The molecular weight excluding hydrogens is 397 g/mol. The fraction of sp³-hybridized carbons (Fsp3) is 0.450. The van der Waals surface area contributed by atoms with E-state index in [0.29, 0.717) is 6.54 Å². The molecule has 2 aliphatic heterocycles. The maximum absolute atomic E-state index is 13.4. The fourth-order valence-corrected chi connectivity index (χ4v) is 3.89. The molecule has 1 atom stereocenters. The molecule has 0 spiro atoms. The van der Waals surface area contributed by atoms with Crippen molar-refractivity contribution in [1.29, 1.82) is 0 Å². The minimum atomic E-state index is 0. The van der Waals surface area contributed by atoms with Gasteiger partial charge in [0, 0.05) is 48.3 Å². The Labute approximate surface area is 178 Å². The second-order valence-corrected chi connectivity index (χ2v) is 7.06. The SMILES string of the molecule is Cl.Cl.O=C(c1ccc2c(c1)CCN2)N(Cc1cncnc1)C1CCCNCC1. The van der Waals surface area contributed by atoms with Crippen LogP contribution in [0.5, 0.6) is 0 Å². The highest BCUT2D eigenvalue weighted by Crippen LogP contribution is 2.25. The lowest BCUT2D eigenvalue weighted by atomic mass is 10.0. The van der Waals surface area contributed by atoms with E-state index in [0.717, 1.165) is 62.1 Å². The number of amides is 1. The van der Waals surface area contributed by atoms with Crippen molar-refractivity contribution in [3.05, 3.63) is 53.6 Å². The number of rotatable bonds is 4. The molecule has 1 amide bonds. The van der Waals surface area contributed by atoms with Crippen LogP contribution in [0.2, 0.25) is 0 Å². The van der Waals surface area contributed by atoms with Gasteiger partial charge in [0.25, 0.3) is 5.91 Å². The predicted octanol–water partition coefficient (Wildman–Crippen LogP) is 3.07. The van der Waals surface area contributed by atoms with Crippen LogP contribution >= 0.6 is 24.8 Å². The zero-order valence-electron chi connectivity index (χ0n) is 15.8. The van der Waals surface area contributed by atoms with Gasteiger partial charge < -0.3 is 15.5 Å². The lowest BCUT2D eigenvalue weighted by Crippen LogP contribution is -2.40. The van der Waals surface area contributed by atoms with Gasteiger partial charge in [-0.25, -0.2) is 9.97 Å². The van der Waals surface area contributed by atoms with Crippen LogP contribution in [-0.2, 0) is 13.0 Å². The van der Waals surface area contributed by atoms with E-state index in [2.05, 4.69) is 26.7 Å². The van der Waals surface area contributed by atoms with E-state index in [1.807, 2.05) is 17.0 Å². The minimum absolute atomic E-state index is 0. The molecule has 0 radical (unpaired) electrons. The lowest BCUT2D eigenvalue weighted by molar-refractivity contribution is 0.0645. The molecule has 3 heterocycles. The zero-order valence-corrected chi connectivity index (χ0v) is 17.4. The number of halogens is 2. The van der Waals surface area contributed by atoms with Crippen LogP contribution in [-0.4, -0.2) is 46.5 Å². The Bertz CT molecular complexity index is 766. The van der Waals surface area contributed by atoms with Gasteiger partial charge in [-0.1, -0.05) is 0 Å². The molecule has 152 valence electrons. The number of nitrogens with one attached hydrogen (secondary N) is 2. The van der Waals surface area contributed by atoms with Crippen molar-refractivity contribution in [1.82, 2.24) is 20.2 Å². The van der Waals surface area contributed by atoms with E-state index in [-0.39, 0.29) is 36.8 Å². The Hall–Kier alpha value is -1.89. The van der Waals surface area contributed by atoms with E-state index < -0.39 is 0 Å². The first-order chi connectivity index (χ1) is 12.8. The summed E-state index contributed by atoms with van der Waals surface area (Å²) in [5.74, 6) is 0.107. The van der Waals surface area contributed by atoms with Crippen LogP contribution in [0.1, 0.15) is 40.7 Å². The number of fused-ring (bicyclic) bond motifs is 1. The van der Waals surface area contributed by atoms with Gasteiger partial charge >= 0.3 is 0 Å². The normalized spacial score (nSPS) is 17.9. The maximum Gasteiger partial charge on any atom is 0.254 e. The summed E-state index contributed by atoms with van der Waals surface area (Å²) in [4.78, 5) is 23.7. The Kier molecular flexibility index (Phi) is 8.48. The number of hydrogen-bond donors (Lipinski definition) is 2. The van der Waals surface area contributed by atoms with Crippen molar-refractivity contribution in [3.8, 4) is 0 Å². The molecule has 0 aliphatic carbocycles. The van der Waals surface area contributed by atoms with E-state index in [4.69, 9.17) is 0 Å². The Morgan fingerprint density at radius 3 is 2.75 bits per heavy atom. The molecule has 0 saturated carbocycles. The fourth-order valence-electron chi connectivity index (χ4n) is 3.89. The van der Waals surface area contributed by atoms with Crippen molar-refractivity contribution in [3.63, 3.8) is 0 Å². The average Bonchev–Trinajstić information content (AvgIpc) is 2.99. The van der Waals surface area contributed by atoms with Crippen molar-refractivity contribution >= 4 is 36.4 Å². The topological polar surface area (TPSA) is 70.2 Å². The first kappa shape index (κ1) is 22.4. The Morgan fingerprint density at radius 2 is 1.93 bits per heavy atom. The molecular formula is C20H27Cl2N5O. The van der Waals surface area contributed by atoms with Gasteiger partial charge in [0.1, 0.15) is 6.33 Å². The number of benzene rings is 1. The molecule has 4 rings (SSSR count). The third-order valence-electron chi connectivity index (χ3n) is 5.28. The summed E-state index contributed by atoms with van der Waals surface area (Å²) in [7, 11) is 0. The van der Waals surface area contributed by atoms with Gasteiger partial charge in [0.15, 0.2) is 0 Å². The average molecular weight is 424 g/mol. The van der Waals surface area contributed by atoms with Crippen molar-refractivity contribution < 1.29 is 4.79 Å². The molecule has 1 saturated heterocycles. The first-order valence-corrected chi connectivity index (χ1v) is 9.43. The van der Waals surface area contributed by atoms with Crippen molar-refractivity contribution in [2.24, 2.45) is 0 Å². The number of aromatic nitrogens is 2. The monoisotopic (exact) mass is 423 g/mol. The smallest absolute Gasteiger partial charge is 0.254 e. The van der Waals surface area contributed by atoms with Crippen LogP contribution in [0, 0.1) is 0 Å². The molecule has 1 aromatic heterocycles. The molecule has 1 unspecified atom stereocenters. The number of carbonyl (C=O) groups is 1. The van der Waals surface area contributed by atoms with Gasteiger partial charge in [-0.05, 0) is 62.5 Å². The summed E-state index contributed by atoms with van der Waals surface area (Å²) >= 11 is 0. The third-order valence-corrected chi connectivity index (χ3v) is 5.28. The van der Waals surface area contributed by atoms with E-state index >= 15 is 0 Å². The van der Waals surface area contributed by atoms with Crippen LogP contribution in [0.4, 0.5) is 5.69 Å². The Balaban J connectivity index is 0.00000140. The molecule has 1 aromatic carbocycles. The van der Waals surface area contributed by atoms with Crippen molar-refractivity contribution in [2.45, 2.75) is 38.3 Å². The highest BCUT2D eigenvalue weighted by Gasteiger charge is 2.26. The second-order valence-electron chi connectivity index (χ2n) is 7.06. The molecule has 6 nitrogen and oxygen atoms in total. The highest BCUT2D eigenvalue weighted by atomic mass is 35.5. The van der Waals surface area contributed by atoms with Crippen molar-refractivity contribution in [2.75, 3.05) is 25.0 Å². The predicted molar refractivity (Wildman–Crippen MR) is 116 cm³/mol. The van der Waals surface area contributed by atoms with E-state index in [9.17, 15) is 4.79 Å². The van der Waals surface area contributed by atoms with Crippen LogP contribution < -0.4 is 10.6 Å². The van der Waals surface area contributed by atoms with Gasteiger partial charge in [-0.3, -0.25) is 4.79 Å². The van der Waals surface area contributed by atoms with Crippen LogP contribution in [0.25, 0.3) is 0 Å². The van der Waals surface area contributed by atoms with E-state index in [1.165, 1.54) is 11.9 Å². The summed E-state index contributed by atoms with van der Waals surface area (Å²) < 4.78 is 0. The van der Waals surface area contributed by atoms with Gasteiger partial charge in [0.05, 0.1) is 0 Å². The maximum atomic E-state index is 13.4. The summed E-state index contributed by atoms with van der Waals surface area (Å²) in [6.07, 6.45) is 9.21. The van der Waals surface area contributed by atoms with Gasteiger partial charge in [-0.15, -0.1) is 24.8 Å². The molecule has 2 aliphatic rings. The second kappa shape index (κ2) is 10.6. The third kappa shape index (κ3) is 5.13. The molecule has 8 heteroatoms.